The Hall–Kier alpha value is -4.22. The van der Waals surface area contributed by atoms with Gasteiger partial charge in [-0.15, -0.1) is 0 Å². The monoisotopic (exact) mass is 458 g/mol. The first kappa shape index (κ1) is 25.0. The molecule has 2 aliphatic heterocycles. The maximum absolute atomic E-state index is 12.6. The highest BCUT2D eigenvalue weighted by molar-refractivity contribution is 6.14. The molecule has 0 fully saturated rings. The summed E-state index contributed by atoms with van der Waals surface area (Å²) in [6, 6.07) is 0. The molecule has 0 unspecified atom stereocenters. The van der Waals surface area contributed by atoms with Crippen LogP contribution >= 0.6 is 0 Å². The Labute approximate surface area is 188 Å². The Morgan fingerprint density at radius 1 is 0.939 bits per heavy atom. The molecule has 0 aromatic rings. The molecule has 2 heterocycles. The van der Waals surface area contributed by atoms with Crippen molar-refractivity contribution in [3.05, 3.63) is 36.5 Å². The van der Waals surface area contributed by atoms with Crippen LogP contribution in [0.1, 0.15) is 19.8 Å². The van der Waals surface area contributed by atoms with Crippen molar-refractivity contribution in [2.75, 3.05) is 19.6 Å². The Kier molecular flexibility index (Phi) is 8.26. The molecule has 0 radical (unpaired) electrons. The van der Waals surface area contributed by atoms with Gasteiger partial charge in [-0.3, -0.25) is 48.3 Å². The molecule has 0 bridgehead atoms. The predicted octanol–water partition coefficient (Wildman–Crippen LogP) is -1.77. The number of carbonyl (C=O) groups is 8. The summed E-state index contributed by atoms with van der Waals surface area (Å²) in [5.74, 6) is -4.37. The Morgan fingerprint density at radius 2 is 1.42 bits per heavy atom. The lowest BCUT2D eigenvalue weighted by molar-refractivity contribution is -0.143. The lowest BCUT2D eigenvalue weighted by Crippen LogP contribution is -2.67. The zero-order valence-corrected chi connectivity index (χ0v) is 17.8. The average molecular weight is 458 g/mol. The number of amides is 7. The molecule has 0 spiro atoms. The third kappa shape index (κ3) is 6.15. The summed E-state index contributed by atoms with van der Waals surface area (Å²) >= 11 is 0. The van der Waals surface area contributed by atoms with Gasteiger partial charge in [0.15, 0.2) is 0 Å². The summed E-state index contributed by atoms with van der Waals surface area (Å²) in [7, 11) is 0. The fourth-order valence-corrected chi connectivity index (χ4v) is 3.33. The average Bonchev–Trinajstić information content (AvgIpc) is 3.26. The highest BCUT2D eigenvalue weighted by Gasteiger charge is 2.44. The van der Waals surface area contributed by atoms with Gasteiger partial charge in [-0.25, -0.2) is 0 Å². The molecule has 1 N–H and O–H groups in total. The second kappa shape index (κ2) is 10.9. The molecule has 0 saturated carbocycles. The topological polar surface area (TPSA) is 158 Å². The molecular formula is C21H22N4O8. The largest absolute Gasteiger partial charge is 0.345 e. The lowest BCUT2D eigenvalue weighted by atomic mass is 9.95. The van der Waals surface area contributed by atoms with Gasteiger partial charge >= 0.3 is 0 Å². The van der Waals surface area contributed by atoms with Gasteiger partial charge in [-0.05, 0) is 13.0 Å². The molecule has 0 atom stereocenters. The lowest BCUT2D eigenvalue weighted by Gasteiger charge is -2.41. The van der Waals surface area contributed by atoms with Crippen LogP contribution in [0, 0.1) is 0 Å². The van der Waals surface area contributed by atoms with E-state index in [1.54, 1.807) is 0 Å². The van der Waals surface area contributed by atoms with E-state index in [1.165, 1.54) is 13.0 Å². The van der Waals surface area contributed by atoms with Gasteiger partial charge in [-0.2, -0.15) is 0 Å². The quantitative estimate of drug-likeness (QED) is 0.204. The fraction of sp³-hybridized carbons (Fsp3) is 0.333. The van der Waals surface area contributed by atoms with Gasteiger partial charge in [0.2, 0.25) is 12.3 Å². The number of allylic oxidation sites excluding steroid dienone is 1. The van der Waals surface area contributed by atoms with Gasteiger partial charge in [0.25, 0.3) is 29.5 Å². The first-order chi connectivity index (χ1) is 15.7. The molecule has 0 saturated heterocycles. The Morgan fingerprint density at radius 3 is 1.82 bits per heavy atom. The van der Waals surface area contributed by atoms with Crippen molar-refractivity contribution in [1.82, 2.24) is 20.0 Å². The number of nitrogens with zero attached hydrogens (tertiary/aromatic N) is 3. The molecule has 12 nitrogen and oxygen atoms in total. The summed E-state index contributed by atoms with van der Waals surface area (Å²) in [5.41, 5.74) is -1.81. The van der Waals surface area contributed by atoms with E-state index in [9.17, 15) is 38.4 Å². The number of hydrogen-bond acceptors (Lipinski definition) is 8. The molecule has 12 heteroatoms. The van der Waals surface area contributed by atoms with E-state index in [2.05, 4.69) is 5.32 Å². The molecule has 7 amide bonds. The number of rotatable bonds is 12. The van der Waals surface area contributed by atoms with Gasteiger partial charge in [-0.1, -0.05) is 6.08 Å². The maximum atomic E-state index is 12.6. The summed E-state index contributed by atoms with van der Waals surface area (Å²) in [5, 5.41) is 2.54. The summed E-state index contributed by atoms with van der Waals surface area (Å²) in [6.07, 6.45) is 6.70. The van der Waals surface area contributed by atoms with Crippen LogP contribution < -0.4 is 5.32 Å². The SMILES string of the molecule is C/C=C\C(=O)N(C=O)CC(CN1C(=O)C=CC1=O)(CN1C(=O)C=CC1=O)NC(=O)CCC=O. The van der Waals surface area contributed by atoms with Crippen LogP contribution in [0.25, 0.3) is 0 Å². The number of imide groups is 3. The van der Waals surface area contributed by atoms with E-state index in [-0.39, 0.29) is 19.3 Å². The van der Waals surface area contributed by atoms with Crippen molar-refractivity contribution in [2.24, 2.45) is 0 Å². The minimum atomic E-state index is -1.81. The highest BCUT2D eigenvalue weighted by Crippen LogP contribution is 2.19. The maximum Gasteiger partial charge on any atom is 0.253 e. The number of carbonyl (C=O) groups excluding carboxylic acids is 8. The molecule has 174 valence electrons. The van der Waals surface area contributed by atoms with E-state index < -0.39 is 60.6 Å². The molecular weight excluding hydrogens is 436 g/mol. The molecule has 0 aromatic heterocycles. The second-order valence-corrected chi connectivity index (χ2v) is 7.30. The number of aldehydes is 1. The van der Waals surface area contributed by atoms with Crippen molar-refractivity contribution < 1.29 is 38.4 Å². The standard InChI is InChI=1S/C21H22N4O8/c1-2-4-16(29)23(14-27)11-21(22-15(28)5-3-10-26,12-24-17(30)6-7-18(24)31)13-25-19(32)8-9-20(25)33/h2,4,6-10,14H,3,5,11-13H2,1H3,(H,22,28)/b4-2-. The van der Waals surface area contributed by atoms with Crippen LogP contribution in [0.2, 0.25) is 0 Å². The zero-order chi connectivity index (χ0) is 24.6. The molecule has 2 aliphatic rings. The van der Waals surface area contributed by atoms with Crippen molar-refractivity contribution in [3.8, 4) is 0 Å². The normalized spacial score (nSPS) is 15.7. The third-order valence-corrected chi connectivity index (χ3v) is 4.81. The van der Waals surface area contributed by atoms with Crippen LogP contribution in [0.3, 0.4) is 0 Å². The van der Waals surface area contributed by atoms with E-state index in [0.717, 1.165) is 40.2 Å². The first-order valence-electron chi connectivity index (χ1n) is 9.86. The van der Waals surface area contributed by atoms with Crippen LogP contribution in [-0.4, -0.2) is 88.0 Å². The summed E-state index contributed by atoms with van der Waals surface area (Å²) < 4.78 is 0. The molecule has 0 aromatic carbocycles. The van der Waals surface area contributed by atoms with E-state index in [0.29, 0.717) is 11.2 Å². The van der Waals surface area contributed by atoms with E-state index in [4.69, 9.17) is 0 Å². The first-order valence-corrected chi connectivity index (χ1v) is 9.86. The third-order valence-electron chi connectivity index (χ3n) is 4.81. The van der Waals surface area contributed by atoms with Crippen LogP contribution in [0.15, 0.2) is 36.5 Å². The molecule has 0 aliphatic carbocycles. The van der Waals surface area contributed by atoms with Gasteiger partial charge in [0, 0.05) is 37.1 Å². The van der Waals surface area contributed by atoms with Gasteiger partial charge in [0.05, 0.1) is 25.2 Å². The number of nitrogens with one attached hydrogen (secondary N) is 1. The van der Waals surface area contributed by atoms with E-state index >= 15 is 0 Å². The molecule has 33 heavy (non-hydrogen) atoms. The minimum Gasteiger partial charge on any atom is -0.345 e. The Balaban J connectivity index is 2.51. The Bertz CT molecular complexity index is 901. The fourth-order valence-electron chi connectivity index (χ4n) is 3.33. The van der Waals surface area contributed by atoms with Gasteiger partial charge in [0.1, 0.15) is 6.29 Å². The molecule has 2 rings (SSSR count). The van der Waals surface area contributed by atoms with Gasteiger partial charge < -0.3 is 10.1 Å². The second-order valence-electron chi connectivity index (χ2n) is 7.30. The van der Waals surface area contributed by atoms with Crippen LogP contribution in [0.5, 0.6) is 0 Å². The van der Waals surface area contributed by atoms with Crippen molar-refractivity contribution in [1.29, 1.82) is 0 Å². The summed E-state index contributed by atoms with van der Waals surface area (Å²) in [6.45, 7) is -0.166. The summed E-state index contributed by atoms with van der Waals surface area (Å²) in [4.78, 5) is 98.4. The van der Waals surface area contributed by atoms with Crippen molar-refractivity contribution >= 4 is 48.1 Å². The van der Waals surface area contributed by atoms with Crippen molar-refractivity contribution in [3.63, 3.8) is 0 Å². The van der Waals surface area contributed by atoms with E-state index in [1.807, 2.05) is 0 Å². The minimum absolute atomic E-state index is 0.150. The zero-order valence-electron chi connectivity index (χ0n) is 17.8. The van der Waals surface area contributed by atoms with Crippen LogP contribution in [0.4, 0.5) is 0 Å². The van der Waals surface area contributed by atoms with Crippen molar-refractivity contribution in [2.45, 2.75) is 25.3 Å². The highest BCUT2D eigenvalue weighted by atomic mass is 16.2. The van der Waals surface area contributed by atoms with Crippen LogP contribution in [-0.2, 0) is 38.4 Å². The smallest absolute Gasteiger partial charge is 0.253 e. The predicted molar refractivity (Wildman–Crippen MR) is 110 cm³/mol. The number of hydrogen-bond donors (Lipinski definition) is 1.